The van der Waals surface area contributed by atoms with Gasteiger partial charge in [0.25, 0.3) is 10.0 Å². The van der Waals surface area contributed by atoms with E-state index >= 15 is 0 Å². The fraction of sp³-hybridized carbons (Fsp3) is 0.355. The molecule has 214 valence electrons. The predicted molar refractivity (Wildman–Crippen MR) is 156 cm³/mol. The minimum atomic E-state index is -4.16. The van der Waals surface area contributed by atoms with Gasteiger partial charge >= 0.3 is 0 Å². The first-order valence-corrected chi connectivity index (χ1v) is 14.5. The first-order valence-electron chi connectivity index (χ1n) is 13.1. The first kappa shape index (κ1) is 30.8. The van der Waals surface area contributed by atoms with E-state index in [9.17, 15) is 22.4 Å². The Bertz CT molecular complexity index is 1460. The van der Waals surface area contributed by atoms with Crippen LogP contribution in [-0.2, 0) is 26.2 Å². The number of nitrogens with one attached hydrogen (secondary N) is 1. The maximum Gasteiger partial charge on any atom is 0.264 e. The van der Waals surface area contributed by atoms with E-state index in [1.165, 1.54) is 41.3 Å². The molecule has 0 aliphatic rings. The second-order valence-corrected chi connectivity index (χ2v) is 13.0. The third-order valence-electron chi connectivity index (χ3n) is 6.45. The molecule has 0 saturated heterocycles. The molecular weight excluding hydrogens is 529 g/mol. The Kier molecular flexibility index (Phi) is 9.40. The Balaban J connectivity index is 2.08. The van der Waals surface area contributed by atoms with E-state index in [-0.39, 0.29) is 17.3 Å². The molecule has 0 aromatic heterocycles. The summed E-state index contributed by atoms with van der Waals surface area (Å²) in [6, 6.07) is 16.6. The van der Waals surface area contributed by atoms with Gasteiger partial charge in [0.2, 0.25) is 11.8 Å². The predicted octanol–water partition coefficient (Wildman–Crippen LogP) is 5.28. The lowest BCUT2D eigenvalue weighted by molar-refractivity contribution is -0.140. The number of carbonyl (C=O) groups excluding carboxylic acids is 2. The van der Waals surface area contributed by atoms with E-state index in [4.69, 9.17) is 0 Å². The molecule has 7 nitrogen and oxygen atoms in total. The Labute approximate surface area is 237 Å². The molecule has 0 fully saturated rings. The molecule has 0 bridgehead atoms. The number of benzene rings is 3. The van der Waals surface area contributed by atoms with Gasteiger partial charge in [-0.05, 0) is 95.5 Å². The number of rotatable bonds is 9. The molecule has 1 atom stereocenters. The lowest BCUT2D eigenvalue weighted by Gasteiger charge is -2.34. The topological polar surface area (TPSA) is 86.8 Å². The summed E-state index contributed by atoms with van der Waals surface area (Å²) in [6.07, 6.45) is 0. The standard InChI is InChI=1S/C31H38FN3O4S/c1-21-9-16-27(17-10-21)40(38,39)35(28-18-22(2)8-11-23(28)3)20-29(36)34(19-25-12-14-26(32)15-13-25)24(4)30(37)33-31(5,6)7/h8-18,24H,19-20H2,1-7H3,(H,33,37)/t24-/m1/s1. The van der Waals surface area contributed by atoms with Crippen molar-refractivity contribution < 1.29 is 22.4 Å². The van der Waals surface area contributed by atoms with Crippen molar-refractivity contribution in [1.29, 1.82) is 0 Å². The molecule has 0 saturated carbocycles. The number of sulfonamides is 1. The van der Waals surface area contributed by atoms with E-state index in [2.05, 4.69) is 5.32 Å². The average molecular weight is 568 g/mol. The second kappa shape index (κ2) is 12.2. The lowest BCUT2D eigenvalue weighted by atomic mass is 10.1. The number of halogens is 1. The van der Waals surface area contributed by atoms with E-state index in [1.54, 1.807) is 32.0 Å². The summed E-state index contributed by atoms with van der Waals surface area (Å²) in [5, 5.41) is 2.89. The minimum Gasteiger partial charge on any atom is -0.350 e. The fourth-order valence-corrected chi connectivity index (χ4v) is 5.65. The number of carbonyl (C=O) groups is 2. The summed E-state index contributed by atoms with van der Waals surface area (Å²) < 4.78 is 42.7. The van der Waals surface area contributed by atoms with Crippen LogP contribution in [0.1, 0.15) is 49.9 Å². The smallest absolute Gasteiger partial charge is 0.264 e. The van der Waals surface area contributed by atoms with Crippen molar-refractivity contribution in [3.8, 4) is 0 Å². The second-order valence-electron chi connectivity index (χ2n) is 11.2. The Morgan fingerprint density at radius 2 is 1.48 bits per heavy atom. The highest BCUT2D eigenvalue weighted by molar-refractivity contribution is 7.92. The molecule has 0 aliphatic carbocycles. The van der Waals surface area contributed by atoms with Crippen LogP contribution in [0.4, 0.5) is 10.1 Å². The highest BCUT2D eigenvalue weighted by Crippen LogP contribution is 2.29. The SMILES string of the molecule is Cc1ccc(S(=O)(=O)N(CC(=O)N(Cc2ccc(F)cc2)[C@H](C)C(=O)NC(C)(C)C)c2cc(C)ccc2C)cc1. The zero-order chi connectivity index (χ0) is 29.8. The van der Waals surface area contributed by atoms with Gasteiger partial charge in [-0.2, -0.15) is 0 Å². The quantitative estimate of drug-likeness (QED) is 0.381. The molecule has 3 aromatic rings. The van der Waals surface area contributed by atoms with Crippen LogP contribution < -0.4 is 9.62 Å². The Hall–Kier alpha value is -3.72. The molecule has 0 unspecified atom stereocenters. The maximum absolute atomic E-state index is 14.0. The van der Waals surface area contributed by atoms with E-state index in [1.807, 2.05) is 46.8 Å². The number of hydrogen-bond acceptors (Lipinski definition) is 4. The molecule has 0 heterocycles. The van der Waals surface area contributed by atoms with Crippen molar-refractivity contribution in [2.45, 2.75) is 71.5 Å². The Morgan fingerprint density at radius 3 is 2.05 bits per heavy atom. The molecule has 3 aromatic carbocycles. The van der Waals surface area contributed by atoms with Crippen molar-refractivity contribution in [3.63, 3.8) is 0 Å². The van der Waals surface area contributed by atoms with Gasteiger partial charge in [0.1, 0.15) is 18.4 Å². The molecule has 3 rings (SSSR count). The fourth-order valence-electron chi connectivity index (χ4n) is 4.18. The van der Waals surface area contributed by atoms with Crippen LogP contribution in [-0.4, -0.2) is 43.3 Å². The summed E-state index contributed by atoms with van der Waals surface area (Å²) in [7, 11) is -4.16. The van der Waals surface area contributed by atoms with Crippen LogP contribution in [0.5, 0.6) is 0 Å². The Morgan fingerprint density at radius 1 is 0.900 bits per heavy atom. The lowest BCUT2D eigenvalue weighted by Crippen LogP contribution is -2.54. The van der Waals surface area contributed by atoms with E-state index < -0.39 is 39.9 Å². The van der Waals surface area contributed by atoms with Crippen LogP contribution in [0.3, 0.4) is 0 Å². The van der Waals surface area contributed by atoms with Crippen molar-refractivity contribution >= 4 is 27.5 Å². The zero-order valence-electron chi connectivity index (χ0n) is 24.2. The summed E-state index contributed by atoms with van der Waals surface area (Å²) >= 11 is 0. The molecular formula is C31H38FN3O4S. The van der Waals surface area contributed by atoms with Crippen LogP contribution in [0.15, 0.2) is 71.6 Å². The summed E-state index contributed by atoms with van der Waals surface area (Å²) in [6.45, 7) is 12.0. The monoisotopic (exact) mass is 567 g/mol. The number of hydrogen-bond donors (Lipinski definition) is 1. The summed E-state index contributed by atoms with van der Waals surface area (Å²) in [5.74, 6) is -1.38. The molecule has 0 spiro atoms. The van der Waals surface area contributed by atoms with Crippen molar-refractivity contribution in [3.05, 3.63) is 94.8 Å². The van der Waals surface area contributed by atoms with Gasteiger partial charge in [-0.25, -0.2) is 12.8 Å². The van der Waals surface area contributed by atoms with E-state index in [0.29, 0.717) is 16.8 Å². The third-order valence-corrected chi connectivity index (χ3v) is 8.23. The highest BCUT2D eigenvalue weighted by atomic mass is 32.2. The van der Waals surface area contributed by atoms with E-state index in [0.717, 1.165) is 15.4 Å². The minimum absolute atomic E-state index is 0.0109. The van der Waals surface area contributed by atoms with Gasteiger partial charge in [-0.1, -0.05) is 42.0 Å². The zero-order valence-corrected chi connectivity index (χ0v) is 25.0. The van der Waals surface area contributed by atoms with Gasteiger partial charge in [-0.3, -0.25) is 13.9 Å². The van der Waals surface area contributed by atoms with Gasteiger partial charge in [0.05, 0.1) is 10.6 Å². The molecule has 1 N–H and O–H groups in total. The number of amides is 2. The van der Waals surface area contributed by atoms with Crippen molar-refractivity contribution in [2.75, 3.05) is 10.8 Å². The summed E-state index contributed by atoms with van der Waals surface area (Å²) in [4.78, 5) is 28.5. The number of anilines is 1. The van der Waals surface area contributed by atoms with Crippen LogP contribution in [0.2, 0.25) is 0 Å². The number of nitrogens with zero attached hydrogens (tertiary/aromatic N) is 2. The molecule has 0 radical (unpaired) electrons. The normalized spacial score (nSPS) is 12.5. The van der Waals surface area contributed by atoms with Crippen LogP contribution in [0.25, 0.3) is 0 Å². The maximum atomic E-state index is 14.0. The van der Waals surface area contributed by atoms with Crippen LogP contribution in [0, 0.1) is 26.6 Å². The van der Waals surface area contributed by atoms with Gasteiger partial charge in [-0.15, -0.1) is 0 Å². The first-order chi connectivity index (χ1) is 18.6. The third kappa shape index (κ3) is 7.69. The van der Waals surface area contributed by atoms with Crippen molar-refractivity contribution in [2.24, 2.45) is 0 Å². The highest BCUT2D eigenvalue weighted by Gasteiger charge is 2.34. The van der Waals surface area contributed by atoms with Crippen LogP contribution >= 0.6 is 0 Å². The summed E-state index contributed by atoms with van der Waals surface area (Å²) in [5.41, 5.74) is 2.84. The molecule has 0 aliphatic heterocycles. The average Bonchev–Trinajstić information content (AvgIpc) is 2.87. The molecule has 2 amide bonds. The number of aryl methyl sites for hydroxylation is 3. The molecule has 9 heteroatoms. The largest absolute Gasteiger partial charge is 0.350 e. The molecule has 40 heavy (non-hydrogen) atoms. The van der Waals surface area contributed by atoms with Crippen molar-refractivity contribution in [1.82, 2.24) is 10.2 Å². The van der Waals surface area contributed by atoms with Gasteiger partial charge in [0, 0.05) is 12.1 Å². The van der Waals surface area contributed by atoms with Gasteiger partial charge < -0.3 is 10.2 Å². The van der Waals surface area contributed by atoms with Gasteiger partial charge in [0.15, 0.2) is 0 Å².